The first-order valence-electron chi connectivity index (χ1n) is 6.59. The summed E-state index contributed by atoms with van der Waals surface area (Å²) in [5.41, 5.74) is 1.72. The van der Waals surface area contributed by atoms with Gasteiger partial charge in [0.05, 0.1) is 22.5 Å². The Bertz CT molecular complexity index is 574. The van der Waals surface area contributed by atoms with Gasteiger partial charge in [0.25, 0.3) is 0 Å². The van der Waals surface area contributed by atoms with Crippen molar-refractivity contribution in [2.75, 3.05) is 11.9 Å². The van der Waals surface area contributed by atoms with Gasteiger partial charge in [0.2, 0.25) is 0 Å². The predicted molar refractivity (Wildman–Crippen MR) is 75.7 cm³/mol. The number of hydrogen-bond donors (Lipinski definition) is 2. The van der Waals surface area contributed by atoms with Crippen LogP contribution in [0, 0.1) is 6.92 Å². The first kappa shape index (κ1) is 13.3. The molecule has 3 rings (SSSR count). The highest BCUT2D eigenvalue weighted by Gasteiger charge is 2.28. The molecule has 2 atom stereocenters. The number of anilines is 1. The molecule has 0 aromatic carbocycles. The summed E-state index contributed by atoms with van der Waals surface area (Å²) < 4.78 is 5.94. The molecule has 1 aliphatic heterocycles. The minimum atomic E-state index is 0.0129. The molecule has 2 N–H and O–H groups in total. The van der Waals surface area contributed by atoms with Gasteiger partial charge in [-0.1, -0.05) is 11.6 Å². The van der Waals surface area contributed by atoms with Crippen molar-refractivity contribution < 1.29 is 4.74 Å². The smallest absolute Gasteiger partial charge is 0.153 e. The Morgan fingerprint density at radius 1 is 1.45 bits per heavy atom. The molecule has 0 aliphatic carbocycles. The van der Waals surface area contributed by atoms with Gasteiger partial charge in [-0.15, -0.1) is 0 Å². The molecule has 0 amide bonds. The highest BCUT2D eigenvalue weighted by Crippen LogP contribution is 2.31. The topological polar surface area (TPSA) is 75.7 Å². The quantitative estimate of drug-likeness (QED) is 0.906. The Hall–Kier alpha value is -1.66. The Morgan fingerprint density at radius 2 is 2.35 bits per heavy atom. The number of ether oxygens (including phenoxy) is 1. The van der Waals surface area contributed by atoms with E-state index in [-0.39, 0.29) is 12.2 Å². The number of aromatic nitrogens is 4. The molecule has 2 aromatic rings. The van der Waals surface area contributed by atoms with Crippen LogP contribution in [0.5, 0.6) is 0 Å². The predicted octanol–water partition coefficient (Wildman–Crippen LogP) is 2.49. The van der Waals surface area contributed by atoms with Crippen molar-refractivity contribution in [2.45, 2.75) is 32.0 Å². The average molecular weight is 294 g/mol. The molecule has 1 fully saturated rings. The minimum Gasteiger partial charge on any atom is -0.381 e. The van der Waals surface area contributed by atoms with Crippen molar-refractivity contribution in [1.29, 1.82) is 0 Å². The van der Waals surface area contributed by atoms with E-state index in [0.29, 0.717) is 11.6 Å². The molecule has 0 spiro atoms. The lowest BCUT2D eigenvalue weighted by Crippen LogP contribution is -2.19. The molecule has 0 saturated carbocycles. The van der Waals surface area contributed by atoms with Gasteiger partial charge in [-0.3, -0.25) is 10.1 Å². The van der Waals surface area contributed by atoms with E-state index in [2.05, 4.69) is 25.5 Å². The van der Waals surface area contributed by atoms with Gasteiger partial charge in [0.1, 0.15) is 12.4 Å². The van der Waals surface area contributed by atoms with E-state index in [0.717, 1.165) is 30.0 Å². The molecule has 0 bridgehead atoms. The fourth-order valence-corrected chi connectivity index (χ4v) is 2.51. The first-order valence-corrected chi connectivity index (χ1v) is 6.97. The van der Waals surface area contributed by atoms with E-state index in [4.69, 9.17) is 16.3 Å². The van der Waals surface area contributed by atoms with Crippen molar-refractivity contribution in [3.05, 3.63) is 35.1 Å². The number of pyridine rings is 1. The van der Waals surface area contributed by atoms with Crippen molar-refractivity contribution in [1.82, 2.24) is 20.2 Å². The Labute approximate surface area is 121 Å². The van der Waals surface area contributed by atoms with E-state index in [1.54, 1.807) is 6.20 Å². The van der Waals surface area contributed by atoms with Crippen molar-refractivity contribution in [2.24, 2.45) is 0 Å². The van der Waals surface area contributed by atoms with E-state index in [1.165, 1.54) is 6.33 Å². The third kappa shape index (κ3) is 2.76. The molecule has 3 heterocycles. The second-order valence-electron chi connectivity index (χ2n) is 4.83. The summed E-state index contributed by atoms with van der Waals surface area (Å²) >= 11 is 6.20. The molecule has 7 heteroatoms. The SMILES string of the molecule is Cc1nccc(NC[C@H]2CC[C@@H](c3ncn[nH]3)O2)c1Cl. The lowest BCUT2D eigenvalue weighted by Gasteiger charge is -2.15. The monoisotopic (exact) mass is 293 g/mol. The summed E-state index contributed by atoms with van der Waals surface area (Å²) in [4.78, 5) is 8.28. The zero-order chi connectivity index (χ0) is 13.9. The number of aromatic amines is 1. The normalized spacial score (nSPS) is 22.1. The molecule has 2 aromatic heterocycles. The number of rotatable bonds is 4. The van der Waals surface area contributed by atoms with Gasteiger partial charge in [0.15, 0.2) is 5.82 Å². The molecule has 1 saturated heterocycles. The second-order valence-corrected chi connectivity index (χ2v) is 5.21. The zero-order valence-corrected chi connectivity index (χ0v) is 11.9. The van der Waals surface area contributed by atoms with Crippen LogP contribution in [0.3, 0.4) is 0 Å². The summed E-state index contributed by atoms with van der Waals surface area (Å²) in [7, 11) is 0. The van der Waals surface area contributed by atoms with Crippen LogP contribution in [0.2, 0.25) is 5.02 Å². The Balaban J connectivity index is 1.56. The highest BCUT2D eigenvalue weighted by atomic mass is 35.5. The summed E-state index contributed by atoms with van der Waals surface area (Å²) in [6.45, 7) is 2.60. The summed E-state index contributed by atoms with van der Waals surface area (Å²) in [6, 6.07) is 1.87. The average Bonchev–Trinajstić information content (AvgIpc) is 3.10. The van der Waals surface area contributed by atoms with Crippen LogP contribution in [0.1, 0.15) is 30.5 Å². The van der Waals surface area contributed by atoms with Crippen molar-refractivity contribution in [3.63, 3.8) is 0 Å². The number of hydrogen-bond acceptors (Lipinski definition) is 5. The highest BCUT2D eigenvalue weighted by molar-refractivity contribution is 6.33. The van der Waals surface area contributed by atoms with E-state index in [9.17, 15) is 0 Å². The Morgan fingerprint density at radius 3 is 3.15 bits per heavy atom. The summed E-state index contributed by atoms with van der Waals surface area (Å²) in [6.07, 6.45) is 5.35. The molecule has 20 heavy (non-hydrogen) atoms. The van der Waals surface area contributed by atoms with Gasteiger partial charge in [-0.25, -0.2) is 4.98 Å². The lowest BCUT2D eigenvalue weighted by molar-refractivity contribution is 0.0472. The summed E-state index contributed by atoms with van der Waals surface area (Å²) in [5.74, 6) is 0.797. The van der Waals surface area contributed by atoms with Crippen LogP contribution < -0.4 is 5.32 Å². The largest absolute Gasteiger partial charge is 0.381 e. The van der Waals surface area contributed by atoms with Gasteiger partial charge in [-0.05, 0) is 25.8 Å². The molecule has 0 unspecified atom stereocenters. The van der Waals surface area contributed by atoms with Gasteiger partial charge in [-0.2, -0.15) is 5.10 Å². The van der Waals surface area contributed by atoms with E-state index < -0.39 is 0 Å². The lowest BCUT2D eigenvalue weighted by atomic mass is 10.2. The van der Waals surface area contributed by atoms with Gasteiger partial charge >= 0.3 is 0 Å². The van der Waals surface area contributed by atoms with Crippen LogP contribution in [0.4, 0.5) is 5.69 Å². The summed E-state index contributed by atoms with van der Waals surface area (Å²) in [5, 5.41) is 10.7. The Kier molecular flexibility index (Phi) is 3.84. The molecule has 0 radical (unpaired) electrons. The van der Waals surface area contributed by atoms with E-state index >= 15 is 0 Å². The number of halogens is 1. The standard InChI is InChI=1S/C13H16ClN5O/c1-8-12(14)10(4-5-15-8)16-6-9-2-3-11(20-9)13-17-7-18-19-13/h4-5,7,9,11H,2-3,6H2,1H3,(H,15,16)(H,17,18,19)/t9-,11+/m1/s1. The van der Waals surface area contributed by atoms with Crippen molar-refractivity contribution in [3.8, 4) is 0 Å². The fourth-order valence-electron chi connectivity index (χ4n) is 2.34. The molecule has 106 valence electrons. The van der Waals surface area contributed by atoms with Crippen LogP contribution >= 0.6 is 11.6 Å². The second kappa shape index (κ2) is 5.76. The molecular formula is C13H16ClN5O. The maximum atomic E-state index is 6.20. The molecule has 6 nitrogen and oxygen atoms in total. The van der Waals surface area contributed by atoms with Gasteiger partial charge < -0.3 is 10.1 Å². The third-order valence-corrected chi connectivity index (χ3v) is 3.91. The van der Waals surface area contributed by atoms with Gasteiger partial charge in [0, 0.05) is 12.7 Å². The fraction of sp³-hybridized carbons (Fsp3) is 0.462. The number of H-pyrrole nitrogens is 1. The molecule has 1 aliphatic rings. The van der Waals surface area contributed by atoms with Crippen molar-refractivity contribution >= 4 is 17.3 Å². The van der Waals surface area contributed by atoms with E-state index in [1.807, 2.05) is 13.0 Å². The maximum Gasteiger partial charge on any atom is 0.153 e. The third-order valence-electron chi connectivity index (χ3n) is 3.43. The number of aryl methyl sites for hydroxylation is 1. The number of nitrogens with one attached hydrogen (secondary N) is 2. The molecular weight excluding hydrogens is 278 g/mol. The zero-order valence-electron chi connectivity index (χ0n) is 11.1. The number of nitrogens with zero attached hydrogens (tertiary/aromatic N) is 3. The van der Waals surface area contributed by atoms with Crippen LogP contribution in [0.15, 0.2) is 18.6 Å². The first-order chi connectivity index (χ1) is 9.74. The van der Waals surface area contributed by atoms with Crippen LogP contribution in [-0.4, -0.2) is 32.8 Å². The maximum absolute atomic E-state index is 6.20. The minimum absolute atomic E-state index is 0.0129. The van der Waals surface area contributed by atoms with Crippen LogP contribution in [-0.2, 0) is 4.74 Å². The van der Waals surface area contributed by atoms with Crippen LogP contribution in [0.25, 0.3) is 0 Å².